The van der Waals surface area contributed by atoms with E-state index < -0.39 is 0 Å². The lowest BCUT2D eigenvalue weighted by Crippen LogP contribution is -2.29. The normalized spacial score (nSPS) is 13.1. The minimum atomic E-state index is 0.255. The van der Waals surface area contributed by atoms with E-state index in [0.717, 1.165) is 6.42 Å². The molecule has 3 aromatic heterocycles. The van der Waals surface area contributed by atoms with Gasteiger partial charge in [-0.05, 0) is 70.0 Å². The van der Waals surface area contributed by atoms with E-state index in [4.69, 9.17) is 0 Å². The summed E-state index contributed by atoms with van der Waals surface area (Å²) in [5, 5.41) is 9.53. The standard InChI is InChI=1S/C36H37N2/c1-20(2)25-10-9-11-27-28-15-13-24-16-17-37(8)35-30-21(3)29-18-23(19-36(5,6)7)12-14-26(29)22(4)32(30)38(33(25)27)34(28)31(24)35/h9-18,20H,19H2,1-8H3/q+1. The molecule has 38 heavy (non-hydrogen) atoms. The lowest BCUT2D eigenvalue weighted by Gasteiger charge is -2.21. The first-order valence-corrected chi connectivity index (χ1v) is 14.0. The Morgan fingerprint density at radius 3 is 2.24 bits per heavy atom. The van der Waals surface area contributed by atoms with Crippen LogP contribution in [0.3, 0.4) is 0 Å². The van der Waals surface area contributed by atoms with Crippen molar-refractivity contribution < 1.29 is 4.57 Å². The molecule has 0 radical (unpaired) electrons. The van der Waals surface area contributed by atoms with Gasteiger partial charge in [0.05, 0.1) is 27.3 Å². The summed E-state index contributed by atoms with van der Waals surface area (Å²) >= 11 is 0. The molecule has 0 saturated carbocycles. The van der Waals surface area contributed by atoms with Gasteiger partial charge in [0.15, 0.2) is 6.20 Å². The molecule has 2 heteroatoms. The molecule has 0 fully saturated rings. The van der Waals surface area contributed by atoms with Gasteiger partial charge in [0.25, 0.3) is 0 Å². The zero-order valence-electron chi connectivity index (χ0n) is 24.0. The van der Waals surface area contributed by atoms with Crippen molar-refractivity contribution in [2.75, 3.05) is 0 Å². The minimum Gasteiger partial charge on any atom is -0.307 e. The summed E-state index contributed by atoms with van der Waals surface area (Å²) in [6.07, 6.45) is 3.31. The van der Waals surface area contributed by atoms with Crippen molar-refractivity contribution in [2.45, 2.75) is 60.8 Å². The van der Waals surface area contributed by atoms with Gasteiger partial charge >= 0.3 is 0 Å². The van der Waals surface area contributed by atoms with Crippen LogP contribution >= 0.6 is 0 Å². The summed E-state index contributed by atoms with van der Waals surface area (Å²) in [6, 6.07) is 21.0. The third-order valence-corrected chi connectivity index (χ3v) is 8.76. The Hall–Kier alpha value is -3.65. The fourth-order valence-electron chi connectivity index (χ4n) is 7.17. The first kappa shape index (κ1) is 23.5. The lowest BCUT2D eigenvalue weighted by molar-refractivity contribution is -0.643. The summed E-state index contributed by atoms with van der Waals surface area (Å²) in [7, 11) is 2.21. The van der Waals surface area contributed by atoms with E-state index in [1.807, 2.05) is 0 Å². The van der Waals surface area contributed by atoms with Crippen LogP contribution in [-0.4, -0.2) is 4.40 Å². The van der Waals surface area contributed by atoms with E-state index in [9.17, 15) is 0 Å². The van der Waals surface area contributed by atoms with Crippen LogP contribution in [0.4, 0.5) is 0 Å². The van der Waals surface area contributed by atoms with Crippen molar-refractivity contribution in [1.82, 2.24) is 4.40 Å². The molecular weight excluding hydrogens is 460 g/mol. The van der Waals surface area contributed by atoms with Crippen LogP contribution in [-0.2, 0) is 13.5 Å². The third-order valence-electron chi connectivity index (χ3n) is 8.76. The van der Waals surface area contributed by atoms with E-state index in [0.29, 0.717) is 5.92 Å². The second-order valence-corrected chi connectivity index (χ2v) is 13.0. The second-order valence-electron chi connectivity index (χ2n) is 13.0. The van der Waals surface area contributed by atoms with Crippen LogP contribution in [0.5, 0.6) is 0 Å². The van der Waals surface area contributed by atoms with Gasteiger partial charge in [-0.2, -0.15) is 0 Å². The SMILES string of the molecule is Cc1c2cc(CC(C)(C)C)ccc2c(C)c2c1c1c3c(ccc4c5cccc(C(C)C)c5n2c43)cc[n+]1C. The fraction of sp³-hybridized carbons (Fsp3) is 0.306. The Balaban J connectivity index is 1.83. The highest BCUT2D eigenvalue weighted by atomic mass is 15.0. The summed E-state index contributed by atoms with van der Waals surface area (Å²) < 4.78 is 4.98. The fourth-order valence-corrected chi connectivity index (χ4v) is 7.17. The van der Waals surface area contributed by atoms with Gasteiger partial charge in [-0.1, -0.05) is 83.1 Å². The summed E-state index contributed by atoms with van der Waals surface area (Å²) in [5.41, 5.74) is 11.3. The molecule has 0 N–H and O–H groups in total. The Kier molecular flexibility index (Phi) is 4.75. The Labute approximate surface area is 224 Å². The molecule has 0 aliphatic heterocycles. The molecule has 4 aromatic carbocycles. The van der Waals surface area contributed by atoms with Crippen molar-refractivity contribution in [3.05, 3.63) is 83.0 Å². The van der Waals surface area contributed by atoms with Crippen molar-refractivity contribution in [1.29, 1.82) is 0 Å². The van der Waals surface area contributed by atoms with Crippen LogP contribution in [0.25, 0.3) is 59.8 Å². The number of hydrogen-bond donors (Lipinski definition) is 0. The Morgan fingerprint density at radius 1 is 0.763 bits per heavy atom. The van der Waals surface area contributed by atoms with Crippen LogP contribution < -0.4 is 4.57 Å². The minimum absolute atomic E-state index is 0.255. The maximum atomic E-state index is 2.63. The predicted octanol–water partition coefficient (Wildman–Crippen LogP) is 9.30. The summed E-state index contributed by atoms with van der Waals surface area (Å²) in [4.78, 5) is 0. The average molecular weight is 498 g/mol. The molecule has 0 unspecified atom stereocenters. The van der Waals surface area contributed by atoms with Crippen LogP contribution in [0.1, 0.15) is 62.8 Å². The molecule has 0 saturated heterocycles. The van der Waals surface area contributed by atoms with Gasteiger partial charge in [-0.3, -0.25) is 0 Å². The topological polar surface area (TPSA) is 8.29 Å². The van der Waals surface area contributed by atoms with Crippen molar-refractivity contribution >= 4 is 59.8 Å². The molecule has 2 nitrogen and oxygen atoms in total. The smallest absolute Gasteiger partial charge is 0.224 e. The number of para-hydroxylation sites is 1. The highest BCUT2D eigenvalue weighted by Gasteiger charge is 2.27. The van der Waals surface area contributed by atoms with Crippen molar-refractivity contribution in [2.24, 2.45) is 12.5 Å². The van der Waals surface area contributed by atoms with Gasteiger partial charge in [0, 0.05) is 16.8 Å². The average Bonchev–Trinajstić information content (AvgIpc) is 3.21. The molecule has 0 aliphatic rings. The number of pyridine rings is 2. The van der Waals surface area contributed by atoms with Gasteiger partial charge in [-0.15, -0.1) is 0 Å². The molecular formula is C36H37N2+. The number of aromatic nitrogens is 2. The third kappa shape index (κ3) is 3.04. The molecule has 3 heterocycles. The summed E-state index contributed by atoms with van der Waals surface area (Å²) in [6.45, 7) is 16.3. The summed E-state index contributed by atoms with van der Waals surface area (Å²) in [5.74, 6) is 0.438. The molecule has 0 bridgehead atoms. The molecule has 0 aliphatic carbocycles. The quantitative estimate of drug-likeness (QED) is 0.128. The zero-order valence-corrected chi connectivity index (χ0v) is 24.0. The van der Waals surface area contributed by atoms with Crippen LogP contribution in [0.2, 0.25) is 0 Å². The number of fused-ring (bicyclic) bond motifs is 7. The van der Waals surface area contributed by atoms with Gasteiger partial charge < -0.3 is 4.40 Å². The van der Waals surface area contributed by atoms with E-state index in [-0.39, 0.29) is 5.41 Å². The molecule has 190 valence electrons. The number of aryl methyl sites for hydroxylation is 3. The Bertz CT molecular complexity index is 2080. The van der Waals surface area contributed by atoms with Crippen LogP contribution in [0.15, 0.2) is 60.8 Å². The second kappa shape index (κ2) is 7.69. The number of benzene rings is 4. The van der Waals surface area contributed by atoms with Gasteiger partial charge in [0.2, 0.25) is 5.52 Å². The molecule has 0 amide bonds. The largest absolute Gasteiger partial charge is 0.307 e. The van der Waals surface area contributed by atoms with E-state index in [2.05, 4.69) is 125 Å². The first-order chi connectivity index (χ1) is 18.1. The van der Waals surface area contributed by atoms with E-state index >= 15 is 0 Å². The van der Waals surface area contributed by atoms with Crippen molar-refractivity contribution in [3.8, 4) is 0 Å². The van der Waals surface area contributed by atoms with E-state index in [1.165, 1.54) is 82.0 Å². The molecule has 7 rings (SSSR count). The number of rotatable bonds is 2. The molecule has 0 spiro atoms. The zero-order chi connectivity index (χ0) is 26.7. The molecule has 0 atom stereocenters. The van der Waals surface area contributed by atoms with E-state index in [1.54, 1.807) is 0 Å². The predicted molar refractivity (Wildman–Crippen MR) is 164 cm³/mol. The molecule has 7 aromatic rings. The monoisotopic (exact) mass is 497 g/mol. The number of hydrogen-bond acceptors (Lipinski definition) is 0. The van der Waals surface area contributed by atoms with Crippen molar-refractivity contribution in [3.63, 3.8) is 0 Å². The maximum Gasteiger partial charge on any atom is 0.224 e. The Morgan fingerprint density at radius 2 is 1.50 bits per heavy atom. The number of nitrogens with zero attached hydrogens (tertiary/aromatic N) is 2. The van der Waals surface area contributed by atoms with Gasteiger partial charge in [0.1, 0.15) is 7.05 Å². The lowest BCUT2D eigenvalue weighted by atomic mass is 9.86. The highest BCUT2D eigenvalue weighted by Crippen LogP contribution is 2.45. The van der Waals surface area contributed by atoms with Crippen LogP contribution in [0, 0.1) is 19.3 Å². The highest BCUT2D eigenvalue weighted by molar-refractivity contribution is 6.29. The first-order valence-electron chi connectivity index (χ1n) is 14.0. The maximum absolute atomic E-state index is 2.63. The van der Waals surface area contributed by atoms with Gasteiger partial charge in [-0.25, -0.2) is 4.57 Å².